The molecule has 0 saturated heterocycles. The minimum absolute atomic E-state index is 0.117. The van der Waals surface area contributed by atoms with Crippen LogP contribution in [0.25, 0.3) is 0 Å². The van der Waals surface area contributed by atoms with Crippen LogP contribution in [0, 0.1) is 0 Å². The van der Waals surface area contributed by atoms with E-state index in [1.807, 2.05) is 0 Å². The number of rotatable bonds is 3. The molecule has 16 heavy (non-hydrogen) atoms. The van der Waals surface area contributed by atoms with Crippen LogP contribution in [-0.2, 0) is 10.3 Å². The summed E-state index contributed by atoms with van der Waals surface area (Å²) in [5, 5.41) is 9.95. The summed E-state index contributed by atoms with van der Waals surface area (Å²) >= 11 is 5.77. The Bertz CT molecular complexity index is 476. The maximum absolute atomic E-state index is 10.4. The van der Waals surface area contributed by atoms with E-state index in [9.17, 15) is 9.90 Å². The van der Waals surface area contributed by atoms with Crippen molar-refractivity contribution in [2.24, 2.45) is 4.99 Å². The highest BCUT2D eigenvalue weighted by Crippen LogP contribution is 2.54. The van der Waals surface area contributed by atoms with E-state index in [0.717, 1.165) is 12.8 Å². The minimum atomic E-state index is -0.574. The van der Waals surface area contributed by atoms with Gasteiger partial charge in [-0.05, 0) is 18.9 Å². The van der Waals surface area contributed by atoms with Gasteiger partial charge in [0, 0.05) is 5.56 Å². The Morgan fingerprint density at radius 2 is 2.25 bits per heavy atom. The Hall–Kier alpha value is -1.51. The van der Waals surface area contributed by atoms with E-state index in [4.69, 9.17) is 16.3 Å². The molecule has 84 valence electrons. The molecule has 0 unspecified atom stereocenters. The molecule has 0 aromatic heterocycles. The lowest BCUT2D eigenvalue weighted by Crippen LogP contribution is -2.05. The third-order valence-electron chi connectivity index (χ3n) is 2.77. The molecule has 4 nitrogen and oxygen atoms in total. The molecule has 0 bridgehead atoms. The normalized spacial score (nSPS) is 16.4. The second-order valence-corrected chi connectivity index (χ2v) is 4.12. The number of aromatic hydroxyl groups is 1. The summed E-state index contributed by atoms with van der Waals surface area (Å²) in [5.74, 6) is 0.165. The molecule has 0 amide bonds. The highest BCUT2D eigenvalue weighted by atomic mass is 35.5. The molecule has 1 fully saturated rings. The average Bonchev–Trinajstić information content (AvgIpc) is 3.03. The first-order valence-electron chi connectivity index (χ1n) is 4.79. The molecular formula is C11H10ClNO3. The summed E-state index contributed by atoms with van der Waals surface area (Å²) < 4.78 is 5.11. The molecule has 0 atom stereocenters. The lowest BCUT2D eigenvalue weighted by molar-refractivity contribution is 0.365. The van der Waals surface area contributed by atoms with Crippen LogP contribution in [-0.4, -0.2) is 18.3 Å². The van der Waals surface area contributed by atoms with E-state index >= 15 is 0 Å². The number of hydrogen-bond donors (Lipinski definition) is 1. The molecular weight excluding hydrogens is 230 g/mol. The van der Waals surface area contributed by atoms with Crippen LogP contribution in [0.2, 0.25) is 5.02 Å². The highest BCUT2D eigenvalue weighted by molar-refractivity contribution is 6.32. The van der Waals surface area contributed by atoms with Gasteiger partial charge in [0.2, 0.25) is 6.08 Å². The Kier molecular flexibility index (Phi) is 2.62. The lowest BCUT2D eigenvalue weighted by Gasteiger charge is -2.15. The van der Waals surface area contributed by atoms with Crippen LogP contribution in [0.1, 0.15) is 18.4 Å². The van der Waals surface area contributed by atoms with Crippen molar-refractivity contribution in [1.82, 2.24) is 0 Å². The summed E-state index contributed by atoms with van der Waals surface area (Å²) in [4.78, 5) is 14.1. The summed E-state index contributed by atoms with van der Waals surface area (Å²) in [6.07, 6.45) is 3.06. The van der Waals surface area contributed by atoms with Crippen LogP contribution < -0.4 is 4.74 Å². The van der Waals surface area contributed by atoms with Gasteiger partial charge in [-0.3, -0.25) is 0 Å². The monoisotopic (exact) mass is 239 g/mol. The van der Waals surface area contributed by atoms with Crippen molar-refractivity contribution in [1.29, 1.82) is 0 Å². The largest absolute Gasteiger partial charge is 0.503 e. The molecule has 0 spiro atoms. The number of ether oxygens (including phenoxy) is 1. The number of isocyanates is 1. The maximum Gasteiger partial charge on any atom is 0.235 e. The van der Waals surface area contributed by atoms with E-state index in [2.05, 4.69) is 4.99 Å². The van der Waals surface area contributed by atoms with Crippen LogP contribution in [0.15, 0.2) is 17.1 Å². The van der Waals surface area contributed by atoms with Crippen molar-refractivity contribution >= 4 is 17.7 Å². The predicted octanol–water partition coefficient (Wildman–Crippen LogP) is 2.38. The number of phenolic OH excluding ortho intramolecular Hbond substituents is 1. The molecule has 5 heteroatoms. The van der Waals surface area contributed by atoms with Gasteiger partial charge in [-0.2, -0.15) is 4.99 Å². The van der Waals surface area contributed by atoms with Gasteiger partial charge < -0.3 is 9.84 Å². The average molecular weight is 240 g/mol. The summed E-state index contributed by atoms with van der Waals surface area (Å²) in [6, 6.07) is 3.28. The maximum atomic E-state index is 10.4. The second-order valence-electron chi connectivity index (χ2n) is 3.71. The topological polar surface area (TPSA) is 58.9 Å². The molecule has 1 N–H and O–H groups in total. The summed E-state index contributed by atoms with van der Waals surface area (Å²) in [5.41, 5.74) is 0.107. The van der Waals surface area contributed by atoms with Crippen molar-refractivity contribution in [3.8, 4) is 11.5 Å². The fourth-order valence-corrected chi connectivity index (χ4v) is 1.92. The molecule has 0 heterocycles. The zero-order valence-corrected chi connectivity index (χ0v) is 9.41. The fraction of sp³-hybridized carbons (Fsp3) is 0.364. The number of aliphatic imine (C=N–C) groups is 1. The van der Waals surface area contributed by atoms with Crippen molar-refractivity contribution in [3.05, 3.63) is 22.7 Å². The van der Waals surface area contributed by atoms with Gasteiger partial charge >= 0.3 is 0 Å². The number of methoxy groups -OCH3 is 1. The molecule has 1 aliphatic carbocycles. The lowest BCUT2D eigenvalue weighted by atomic mass is 10.0. The first-order chi connectivity index (χ1) is 7.64. The Balaban J connectivity index is 2.57. The SMILES string of the molecule is COc1c(C2(N=C=O)CC2)ccc(Cl)c1O. The van der Waals surface area contributed by atoms with Crippen molar-refractivity contribution in [3.63, 3.8) is 0 Å². The van der Waals surface area contributed by atoms with Crippen LogP contribution >= 0.6 is 11.6 Å². The van der Waals surface area contributed by atoms with Crippen LogP contribution in [0.4, 0.5) is 0 Å². The molecule has 1 aromatic carbocycles. The quantitative estimate of drug-likeness (QED) is 0.651. The van der Waals surface area contributed by atoms with E-state index in [-0.39, 0.29) is 16.5 Å². The van der Waals surface area contributed by atoms with Gasteiger partial charge in [0.25, 0.3) is 0 Å². The van der Waals surface area contributed by atoms with E-state index in [1.165, 1.54) is 7.11 Å². The number of nitrogens with zero attached hydrogens (tertiary/aromatic N) is 1. The van der Waals surface area contributed by atoms with Gasteiger partial charge in [-0.25, -0.2) is 4.79 Å². The van der Waals surface area contributed by atoms with Crippen molar-refractivity contribution < 1.29 is 14.6 Å². The standard InChI is InChI=1S/C11H10ClNO3/c1-16-10-7(2-3-8(12)9(10)15)11(4-5-11)13-6-14/h2-3,15H,4-5H2,1H3. The Morgan fingerprint density at radius 1 is 1.56 bits per heavy atom. The molecule has 1 saturated carbocycles. The number of phenols is 1. The smallest absolute Gasteiger partial charge is 0.235 e. The van der Waals surface area contributed by atoms with Gasteiger partial charge in [0.1, 0.15) is 5.54 Å². The van der Waals surface area contributed by atoms with Crippen LogP contribution in [0.5, 0.6) is 11.5 Å². The second kappa shape index (κ2) is 3.81. The first-order valence-corrected chi connectivity index (χ1v) is 5.17. The molecule has 1 aliphatic rings. The predicted molar refractivity (Wildman–Crippen MR) is 58.7 cm³/mol. The minimum Gasteiger partial charge on any atom is -0.503 e. The number of carbonyl (C=O) groups excluding carboxylic acids is 1. The van der Waals surface area contributed by atoms with Gasteiger partial charge in [0.15, 0.2) is 11.5 Å². The molecule has 2 rings (SSSR count). The van der Waals surface area contributed by atoms with Crippen molar-refractivity contribution in [2.75, 3.05) is 7.11 Å². The van der Waals surface area contributed by atoms with E-state index in [1.54, 1.807) is 18.2 Å². The first kappa shape index (κ1) is 11.0. The highest BCUT2D eigenvalue weighted by Gasteiger charge is 2.47. The molecule has 1 aromatic rings. The van der Waals surface area contributed by atoms with E-state index < -0.39 is 5.54 Å². The Labute approximate surface area is 97.5 Å². The van der Waals surface area contributed by atoms with Crippen LogP contribution in [0.3, 0.4) is 0 Å². The summed E-state index contributed by atoms with van der Waals surface area (Å²) in [7, 11) is 1.44. The van der Waals surface area contributed by atoms with Gasteiger partial charge in [-0.1, -0.05) is 17.7 Å². The Morgan fingerprint density at radius 3 is 2.75 bits per heavy atom. The van der Waals surface area contributed by atoms with Crippen molar-refractivity contribution in [2.45, 2.75) is 18.4 Å². The number of benzene rings is 1. The zero-order chi connectivity index (χ0) is 11.8. The molecule has 0 aliphatic heterocycles. The van der Waals surface area contributed by atoms with Gasteiger partial charge in [0.05, 0.1) is 12.1 Å². The van der Waals surface area contributed by atoms with E-state index in [0.29, 0.717) is 5.56 Å². The van der Waals surface area contributed by atoms with Gasteiger partial charge in [-0.15, -0.1) is 0 Å². The third-order valence-corrected chi connectivity index (χ3v) is 3.08. The zero-order valence-electron chi connectivity index (χ0n) is 8.66. The number of halogens is 1. The molecule has 0 radical (unpaired) electrons. The third kappa shape index (κ3) is 1.56. The number of hydrogen-bond acceptors (Lipinski definition) is 4. The fourth-order valence-electron chi connectivity index (χ4n) is 1.77. The summed E-state index contributed by atoms with van der Waals surface area (Å²) in [6.45, 7) is 0.